The number of halogens is 1. The molecule has 0 bridgehead atoms. The van der Waals surface area contributed by atoms with Gasteiger partial charge < -0.3 is 16.0 Å². The van der Waals surface area contributed by atoms with Gasteiger partial charge in [-0.15, -0.1) is 0 Å². The van der Waals surface area contributed by atoms with Crippen LogP contribution in [0.25, 0.3) is 0 Å². The summed E-state index contributed by atoms with van der Waals surface area (Å²) in [6, 6.07) is 11.2. The summed E-state index contributed by atoms with van der Waals surface area (Å²) in [6.45, 7) is 1.39. The van der Waals surface area contributed by atoms with Crippen molar-refractivity contribution in [1.29, 1.82) is 0 Å². The van der Waals surface area contributed by atoms with E-state index in [4.69, 9.17) is 0 Å². The fourth-order valence-electron chi connectivity index (χ4n) is 3.79. The van der Waals surface area contributed by atoms with E-state index >= 15 is 0 Å². The van der Waals surface area contributed by atoms with Gasteiger partial charge in [-0.25, -0.2) is 4.39 Å². The van der Waals surface area contributed by atoms with Crippen molar-refractivity contribution in [3.63, 3.8) is 0 Å². The lowest BCUT2D eigenvalue weighted by molar-refractivity contribution is -0.121. The third kappa shape index (κ3) is 3.71. The summed E-state index contributed by atoms with van der Waals surface area (Å²) in [5.41, 5.74) is 3.76. The summed E-state index contributed by atoms with van der Waals surface area (Å²) in [5.74, 6) is -0.916. The second-order valence-electron chi connectivity index (χ2n) is 7.13. The van der Waals surface area contributed by atoms with Crippen molar-refractivity contribution in [3.05, 3.63) is 58.9 Å². The topological polar surface area (TPSA) is 70.2 Å². The van der Waals surface area contributed by atoms with Crippen LogP contribution in [-0.4, -0.2) is 18.4 Å². The standard InChI is InChI=1S/C21H22FN3O2/c22-20-16-9-10-23-12-15(16)5-7-18(20)24-19(26)8-6-14-11-13-3-1-2-4-17(13)25-21(14)27/h1-5,7,14,23H,6,8-12H2,(H,24,26)(H,25,27). The molecule has 0 saturated carbocycles. The Bertz CT molecular complexity index is 897. The number of carbonyl (C=O) groups excluding carboxylic acids is 2. The van der Waals surface area contributed by atoms with E-state index in [0.29, 0.717) is 31.4 Å². The van der Waals surface area contributed by atoms with Gasteiger partial charge in [-0.05, 0) is 54.6 Å². The van der Waals surface area contributed by atoms with Gasteiger partial charge in [0.05, 0.1) is 5.69 Å². The zero-order valence-corrected chi connectivity index (χ0v) is 15.0. The molecule has 2 amide bonds. The summed E-state index contributed by atoms with van der Waals surface area (Å²) in [7, 11) is 0. The van der Waals surface area contributed by atoms with Crippen LogP contribution < -0.4 is 16.0 Å². The van der Waals surface area contributed by atoms with Crippen molar-refractivity contribution >= 4 is 23.2 Å². The smallest absolute Gasteiger partial charge is 0.227 e. The fraction of sp³-hybridized carbons (Fsp3) is 0.333. The maximum atomic E-state index is 14.6. The Morgan fingerprint density at radius 1 is 1.19 bits per heavy atom. The number of amides is 2. The monoisotopic (exact) mass is 367 g/mol. The molecule has 1 unspecified atom stereocenters. The van der Waals surface area contributed by atoms with Gasteiger partial charge in [0.2, 0.25) is 11.8 Å². The first-order valence-electron chi connectivity index (χ1n) is 9.31. The van der Waals surface area contributed by atoms with Crippen molar-refractivity contribution in [2.75, 3.05) is 17.2 Å². The highest BCUT2D eigenvalue weighted by atomic mass is 19.1. The third-order valence-corrected chi connectivity index (χ3v) is 5.31. The van der Waals surface area contributed by atoms with E-state index in [-0.39, 0.29) is 35.7 Å². The van der Waals surface area contributed by atoms with Crippen LogP contribution >= 0.6 is 0 Å². The molecule has 1 atom stereocenters. The molecular weight excluding hydrogens is 345 g/mol. The lowest BCUT2D eigenvalue weighted by Gasteiger charge is -2.24. The lowest BCUT2D eigenvalue weighted by Crippen LogP contribution is -2.30. The molecule has 2 heterocycles. The lowest BCUT2D eigenvalue weighted by atomic mass is 9.89. The van der Waals surface area contributed by atoms with Crippen LogP contribution in [0.4, 0.5) is 15.8 Å². The fourth-order valence-corrected chi connectivity index (χ4v) is 3.79. The first kappa shape index (κ1) is 17.7. The normalized spacial score (nSPS) is 18.3. The quantitative estimate of drug-likeness (QED) is 0.778. The van der Waals surface area contributed by atoms with E-state index in [1.807, 2.05) is 30.3 Å². The van der Waals surface area contributed by atoms with Crippen molar-refractivity contribution in [1.82, 2.24) is 5.32 Å². The highest BCUT2D eigenvalue weighted by molar-refractivity contribution is 5.96. The summed E-state index contributed by atoms with van der Waals surface area (Å²) >= 11 is 0. The number of fused-ring (bicyclic) bond motifs is 2. The Labute approximate surface area is 157 Å². The SMILES string of the molecule is O=C(CCC1Cc2ccccc2NC1=O)Nc1ccc2c(c1F)CCNC2. The molecule has 0 radical (unpaired) electrons. The maximum Gasteiger partial charge on any atom is 0.227 e. The molecule has 5 nitrogen and oxygen atoms in total. The van der Waals surface area contributed by atoms with E-state index < -0.39 is 0 Å². The summed E-state index contributed by atoms with van der Waals surface area (Å²) in [5, 5.41) is 8.76. The second-order valence-corrected chi connectivity index (χ2v) is 7.13. The predicted octanol–water partition coefficient (Wildman–Crippen LogP) is 3.00. The predicted molar refractivity (Wildman–Crippen MR) is 102 cm³/mol. The van der Waals surface area contributed by atoms with Gasteiger partial charge in [0.1, 0.15) is 5.82 Å². The van der Waals surface area contributed by atoms with Crippen LogP contribution in [0.2, 0.25) is 0 Å². The molecule has 0 saturated heterocycles. The number of para-hydroxylation sites is 1. The average Bonchev–Trinajstić information content (AvgIpc) is 2.69. The Morgan fingerprint density at radius 3 is 2.93 bits per heavy atom. The van der Waals surface area contributed by atoms with Gasteiger partial charge in [-0.3, -0.25) is 9.59 Å². The Kier molecular flexibility index (Phi) is 4.90. The van der Waals surface area contributed by atoms with Crippen molar-refractivity contribution in [2.24, 2.45) is 5.92 Å². The molecule has 0 aliphatic carbocycles. The van der Waals surface area contributed by atoms with E-state index in [0.717, 1.165) is 23.4 Å². The number of rotatable bonds is 4. The summed E-state index contributed by atoms with van der Waals surface area (Å²) < 4.78 is 14.6. The zero-order valence-electron chi connectivity index (χ0n) is 15.0. The largest absolute Gasteiger partial charge is 0.326 e. The van der Waals surface area contributed by atoms with Crippen LogP contribution in [0.5, 0.6) is 0 Å². The average molecular weight is 367 g/mol. The number of anilines is 2. The molecule has 4 rings (SSSR count). The number of benzene rings is 2. The number of hydrogen-bond acceptors (Lipinski definition) is 3. The maximum absolute atomic E-state index is 14.6. The van der Waals surface area contributed by atoms with Gasteiger partial charge >= 0.3 is 0 Å². The molecule has 2 aromatic rings. The van der Waals surface area contributed by atoms with Crippen LogP contribution in [0, 0.1) is 11.7 Å². The molecule has 140 valence electrons. The molecule has 2 aromatic carbocycles. The molecule has 2 aliphatic rings. The zero-order chi connectivity index (χ0) is 18.8. The highest BCUT2D eigenvalue weighted by Gasteiger charge is 2.26. The highest BCUT2D eigenvalue weighted by Crippen LogP contribution is 2.28. The van der Waals surface area contributed by atoms with E-state index in [1.165, 1.54) is 0 Å². The Hall–Kier alpha value is -2.73. The summed E-state index contributed by atoms with van der Waals surface area (Å²) in [6.07, 6.45) is 1.85. The van der Waals surface area contributed by atoms with Gasteiger partial charge in [0, 0.05) is 24.6 Å². The van der Waals surface area contributed by atoms with Crippen LogP contribution in [-0.2, 0) is 29.0 Å². The molecule has 0 spiro atoms. The third-order valence-electron chi connectivity index (χ3n) is 5.31. The number of hydrogen-bond donors (Lipinski definition) is 3. The van der Waals surface area contributed by atoms with Crippen LogP contribution in [0.1, 0.15) is 29.5 Å². The first-order valence-corrected chi connectivity index (χ1v) is 9.31. The minimum absolute atomic E-state index is 0.0611. The Morgan fingerprint density at radius 2 is 2.04 bits per heavy atom. The molecule has 0 fully saturated rings. The minimum atomic E-state index is -0.341. The van der Waals surface area contributed by atoms with Crippen molar-refractivity contribution < 1.29 is 14.0 Å². The van der Waals surface area contributed by atoms with Gasteiger partial charge in [0.25, 0.3) is 0 Å². The van der Waals surface area contributed by atoms with Gasteiger partial charge in [-0.2, -0.15) is 0 Å². The van der Waals surface area contributed by atoms with Gasteiger partial charge in [0.15, 0.2) is 0 Å². The molecule has 0 aromatic heterocycles. The number of carbonyl (C=O) groups is 2. The first-order chi connectivity index (χ1) is 13.1. The van der Waals surface area contributed by atoms with Crippen molar-refractivity contribution in [3.8, 4) is 0 Å². The minimum Gasteiger partial charge on any atom is -0.326 e. The van der Waals surface area contributed by atoms with E-state index in [2.05, 4.69) is 16.0 Å². The second kappa shape index (κ2) is 7.48. The molecular formula is C21H22FN3O2. The summed E-state index contributed by atoms with van der Waals surface area (Å²) in [4.78, 5) is 24.5. The van der Waals surface area contributed by atoms with Gasteiger partial charge in [-0.1, -0.05) is 24.3 Å². The molecule has 6 heteroatoms. The molecule has 27 heavy (non-hydrogen) atoms. The van der Waals surface area contributed by atoms with E-state index in [1.54, 1.807) is 6.07 Å². The Balaban J connectivity index is 1.37. The van der Waals surface area contributed by atoms with Crippen molar-refractivity contribution in [2.45, 2.75) is 32.2 Å². The number of nitrogens with one attached hydrogen (secondary N) is 3. The van der Waals surface area contributed by atoms with E-state index in [9.17, 15) is 14.0 Å². The molecule has 3 N–H and O–H groups in total. The van der Waals surface area contributed by atoms with Crippen LogP contribution in [0.15, 0.2) is 36.4 Å². The molecule has 2 aliphatic heterocycles. The van der Waals surface area contributed by atoms with Crippen LogP contribution in [0.3, 0.4) is 0 Å².